The van der Waals surface area contributed by atoms with Crippen molar-refractivity contribution in [1.29, 1.82) is 0 Å². The molecule has 0 fully saturated rings. The first-order chi connectivity index (χ1) is 14.6. The maximum absolute atomic E-state index is 13.2. The lowest BCUT2D eigenvalue weighted by atomic mass is 10.1. The van der Waals surface area contributed by atoms with Crippen molar-refractivity contribution in [1.82, 2.24) is 9.47 Å². The third-order valence-electron chi connectivity index (χ3n) is 5.53. The Hall–Kier alpha value is -3.07. The fraction of sp³-hybridized carbons (Fsp3) is 0.296. The van der Waals surface area contributed by atoms with E-state index in [9.17, 15) is 4.79 Å². The molecule has 1 aromatic heterocycles. The van der Waals surface area contributed by atoms with E-state index in [1.54, 1.807) is 6.08 Å². The van der Waals surface area contributed by atoms with Crippen LogP contribution in [0.15, 0.2) is 79.5 Å². The van der Waals surface area contributed by atoms with Gasteiger partial charge in [-0.15, -0.1) is 6.58 Å². The second-order valence-corrected chi connectivity index (χ2v) is 7.83. The van der Waals surface area contributed by atoms with Gasteiger partial charge < -0.3 is 9.47 Å². The molecule has 0 N–H and O–H groups in total. The smallest absolute Gasteiger partial charge is 0.254 e. The summed E-state index contributed by atoms with van der Waals surface area (Å²) in [4.78, 5) is 15.0. The van der Waals surface area contributed by atoms with Crippen LogP contribution in [0.2, 0.25) is 0 Å². The molecule has 1 amide bonds. The predicted molar refractivity (Wildman–Crippen MR) is 125 cm³/mol. The van der Waals surface area contributed by atoms with E-state index >= 15 is 0 Å². The number of rotatable bonds is 10. The summed E-state index contributed by atoms with van der Waals surface area (Å²) >= 11 is 0. The summed E-state index contributed by atoms with van der Waals surface area (Å²) in [6.07, 6.45) is 7.29. The molecule has 2 aromatic carbocycles. The molecule has 3 heteroatoms. The standard InChI is InChI=1S/C27H32N2O/c1-4-6-11-23-14-16-24(17-15-23)27(30)29(18-5-2)21-26-13-9-19-28(26)20-25-12-8-7-10-22(25)3/h5,7-10,12-17,19H,2,4,6,11,18,20-21H2,1,3H3. The molecule has 3 nitrogen and oxygen atoms in total. The van der Waals surface area contributed by atoms with Gasteiger partial charge in [-0.2, -0.15) is 0 Å². The maximum Gasteiger partial charge on any atom is 0.254 e. The number of aromatic nitrogens is 1. The van der Waals surface area contributed by atoms with Crippen molar-refractivity contribution in [3.63, 3.8) is 0 Å². The highest BCUT2D eigenvalue weighted by molar-refractivity contribution is 5.94. The highest BCUT2D eigenvalue weighted by Crippen LogP contribution is 2.16. The maximum atomic E-state index is 13.2. The summed E-state index contributed by atoms with van der Waals surface area (Å²) in [6.45, 7) is 10.1. The van der Waals surface area contributed by atoms with Gasteiger partial charge in [0.2, 0.25) is 0 Å². The Morgan fingerprint density at radius 3 is 2.53 bits per heavy atom. The fourth-order valence-electron chi connectivity index (χ4n) is 3.67. The SMILES string of the molecule is C=CCN(Cc1cccn1Cc1ccccc1C)C(=O)c1ccc(CCCC)cc1. The van der Waals surface area contributed by atoms with E-state index in [2.05, 4.69) is 73.7 Å². The number of hydrogen-bond acceptors (Lipinski definition) is 1. The van der Waals surface area contributed by atoms with Crippen LogP contribution in [0.1, 0.15) is 52.5 Å². The van der Waals surface area contributed by atoms with E-state index in [0.717, 1.165) is 24.2 Å². The van der Waals surface area contributed by atoms with Crippen LogP contribution in [0.25, 0.3) is 0 Å². The van der Waals surface area contributed by atoms with Gasteiger partial charge in [-0.3, -0.25) is 4.79 Å². The zero-order chi connectivity index (χ0) is 21.3. The van der Waals surface area contributed by atoms with E-state index in [1.165, 1.54) is 29.5 Å². The lowest BCUT2D eigenvalue weighted by Gasteiger charge is -2.23. The number of unbranched alkanes of at least 4 members (excludes halogenated alkanes) is 1. The Kier molecular flexibility index (Phi) is 7.67. The second kappa shape index (κ2) is 10.6. The summed E-state index contributed by atoms with van der Waals surface area (Å²) < 4.78 is 2.22. The molecule has 30 heavy (non-hydrogen) atoms. The number of aryl methyl sites for hydroxylation is 2. The molecule has 0 aliphatic carbocycles. The molecular weight excluding hydrogens is 368 g/mol. The van der Waals surface area contributed by atoms with Gasteiger partial charge in [-0.05, 0) is 60.7 Å². The summed E-state index contributed by atoms with van der Waals surface area (Å²) in [5.74, 6) is 0.0422. The van der Waals surface area contributed by atoms with Crippen molar-refractivity contribution in [2.75, 3.05) is 6.54 Å². The van der Waals surface area contributed by atoms with Crippen molar-refractivity contribution >= 4 is 5.91 Å². The van der Waals surface area contributed by atoms with Crippen molar-refractivity contribution in [2.45, 2.75) is 46.2 Å². The van der Waals surface area contributed by atoms with E-state index in [-0.39, 0.29) is 5.91 Å². The lowest BCUT2D eigenvalue weighted by Crippen LogP contribution is -2.31. The van der Waals surface area contributed by atoms with E-state index in [4.69, 9.17) is 0 Å². The minimum Gasteiger partial charge on any atom is -0.345 e. The largest absolute Gasteiger partial charge is 0.345 e. The van der Waals surface area contributed by atoms with Gasteiger partial charge in [0, 0.05) is 30.5 Å². The Bertz CT molecular complexity index is 969. The average molecular weight is 401 g/mol. The molecule has 0 saturated heterocycles. The number of hydrogen-bond donors (Lipinski definition) is 0. The Balaban J connectivity index is 1.74. The van der Waals surface area contributed by atoms with E-state index < -0.39 is 0 Å². The molecule has 0 spiro atoms. The normalized spacial score (nSPS) is 10.7. The van der Waals surface area contributed by atoms with Crippen LogP contribution in [0, 0.1) is 6.92 Å². The number of amides is 1. The molecule has 156 valence electrons. The van der Waals surface area contributed by atoms with Crippen molar-refractivity contribution in [3.05, 3.63) is 107 Å². The summed E-state index contributed by atoms with van der Waals surface area (Å²) in [7, 11) is 0. The Morgan fingerprint density at radius 2 is 1.83 bits per heavy atom. The first kappa shape index (κ1) is 21.6. The molecule has 0 saturated carbocycles. The first-order valence-corrected chi connectivity index (χ1v) is 10.8. The molecule has 3 aromatic rings. The first-order valence-electron chi connectivity index (χ1n) is 10.8. The monoisotopic (exact) mass is 400 g/mol. The van der Waals surface area contributed by atoms with Gasteiger partial charge in [0.15, 0.2) is 0 Å². The molecule has 0 radical (unpaired) electrons. The topological polar surface area (TPSA) is 25.2 Å². The summed E-state index contributed by atoms with van der Waals surface area (Å²) in [6, 6.07) is 20.6. The van der Waals surface area contributed by atoms with Gasteiger partial charge in [-0.1, -0.05) is 55.8 Å². The quantitative estimate of drug-likeness (QED) is 0.382. The van der Waals surface area contributed by atoms with Gasteiger partial charge in [-0.25, -0.2) is 0 Å². The highest BCUT2D eigenvalue weighted by atomic mass is 16.2. The zero-order valence-electron chi connectivity index (χ0n) is 18.2. The average Bonchev–Trinajstić information content (AvgIpc) is 3.20. The Morgan fingerprint density at radius 1 is 1.07 bits per heavy atom. The molecule has 0 bridgehead atoms. The van der Waals surface area contributed by atoms with Crippen LogP contribution < -0.4 is 0 Å². The summed E-state index contributed by atoms with van der Waals surface area (Å²) in [5, 5.41) is 0. The Labute approximate surface area is 180 Å². The van der Waals surface area contributed by atoms with Crippen LogP contribution in [-0.4, -0.2) is 21.9 Å². The fourth-order valence-corrected chi connectivity index (χ4v) is 3.67. The number of carbonyl (C=O) groups is 1. The summed E-state index contributed by atoms with van der Waals surface area (Å²) in [5.41, 5.74) is 5.71. The minimum absolute atomic E-state index is 0.0422. The highest BCUT2D eigenvalue weighted by Gasteiger charge is 2.17. The van der Waals surface area contributed by atoms with E-state index in [1.807, 2.05) is 23.1 Å². The van der Waals surface area contributed by atoms with Crippen LogP contribution in [-0.2, 0) is 19.5 Å². The van der Waals surface area contributed by atoms with Crippen LogP contribution in [0.3, 0.4) is 0 Å². The minimum atomic E-state index is 0.0422. The van der Waals surface area contributed by atoms with E-state index in [0.29, 0.717) is 13.1 Å². The van der Waals surface area contributed by atoms with Gasteiger partial charge >= 0.3 is 0 Å². The van der Waals surface area contributed by atoms with Gasteiger partial charge in [0.25, 0.3) is 5.91 Å². The predicted octanol–water partition coefficient (Wildman–Crippen LogP) is 6.02. The van der Waals surface area contributed by atoms with Crippen LogP contribution in [0.4, 0.5) is 0 Å². The molecule has 0 aliphatic heterocycles. The molecule has 0 aliphatic rings. The molecule has 0 atom stereocenters. The third kappa shape index (κ3) is 5.50. The van der Waals surface area contributed by atoms with Crippen molar-refractivity contribution in [3.8, 4) is 0 Å². The van der Waals surface area contributed by atoms with Gasteiger partial charge in [0.05, 0.1) is 6.54 Å². The van der Waals surface area contributed by atoms with Crippen molar-refractivity contribution in [2.24, 2.45) is 0 Å². The zero-order valence-corrected chi connectivity index (χ0v) is 18.2. The third-order valence-corrected chi connectivity index (χ3v) is 5.53. The molecule has 0 unspecified atom stereocenters. The van der Waals surface area contributed by atoms with Crippen molar-refractivity contribution < 1.29 is 4.79 Å². The molecule has 1 heterocycles. The second-order valence-electron chi connectivity index (χ2n) is 7.83. The molecular formula is C27H32N2O. The number of benzene rings is 2. The lowest BCUT2D eigenvalue weighted by molar-refractivity contribution is 0.0759. The molecule has 3 rings (SSSR count). The van der Waals surface area contributed by atoms with Gasteiger partial charge in [0.1, 0.15) is 0 Å². The van der Waals surface area contributed by atoms with Crippen LogP contribution >= 0.6 is 0 Å². The number of carbonyl (C=O) groups excluding carboxylic acids is 1. The number of nitrogens with zero attached hydrogens (tertiary/aromatic N) is 2. The van der Waals surface area contributed by atoms with Crippen LogP contribution in [0.5, 0.6) is 0 Å².